The van der Waals surface area contributed by atoms with Gasteiger partial charge in [0, 0.05) is 63.9 Å². The van der Waals surface area contributed by atoms with Gasteiger partial charge in [0.15, 0.2) is 0 Å². The van der Waals surface area contributed by atoms with Crippen LogP contribution >= 0.6 is 23.5 Å². The predicted octanol–water partition coefficient (Wildman–Crippen LogP) is 29.8. The van der Waals surface area contributed by atoms with Crippen LogP contribution in [0.4, 0.5) is 34.1 Å². The Hall–Kier alpha value is -12.4. The highest BCUT2D eigenvalue weighted by molar-refractivity contribution is 8.00. The van der Waals surface area contributed by atoms with Crippen molar-refractivity contribution in [3.8, 4) is 100 Å². The molecule has 0 aromatic heterocycles. The average Bonchev–Trinajstić information content (AvgIpc) is 1.03. The number of nitrogens with zero attached hydrogens (tertiary/aromatic N) is 2. The van der Waals surface area contributed by atoms with Gasteiger partial charge in [0.1, 0.15) is 0 Å². The van der Waals surface area contributed by atoms with Crippen molar-refractivity contribution < 1.29 is 0 Å². The van der Waals surface area contributed by atoms with E-state index in [0.29, 0.717) is 0 Å². The van der Waals surface area contributed by atoms with Crippen molar-refractivity contribution in [3.63, 3.8) is 0 Å². The van der Waals surface area contributed by atoms with E-state index in [1.807, 2.05) is 23.5 Å². The summed E-state index contributed by atoms with van der Waals surface area (Å²) < 4.78 is 0. The van der Waals surface area contributed by atoms with Crippen LogP contribution in [-0.2, 0) is 10.8 Å². The zero-order chi connectivity index (χ0) is 72.2. The molecule has 512 valence electrons. The second-order valence-electron chi connectivity index (χ2n) is 29.8. The van der Waals surface area contributed by atoms with E-state index >= 15 is 0 Å². The molecule has 21 rings (SSSR count). The first-order valence-electron chi connectivity index (χ1n) is 37.4. The van der Waals surface area contributed by atoms with E-state index in [9.17, 15) is 0 Å². The zero-order valence-corrected chi connectivity index (χ0v) is 62.1. The maximum Gasteiger partial charge on any atom is 0.0540 e. The van der Waals surface area contributed by atoms with Crippen LogP contribution in [0.2, 0.25) is 0 Å². The van der Waals surface area contributed by atoms with Crippen LogP contribution < -0.4 is 9.80 Å². The first kappa shape index (κ1) is 65.1. The average molecular weight is 1420 g/mol. The Balaban J connectivity index is 0.000000143. The van der Waals surface area contributed by atoms with E-state index in [1.54, 1.807) is 0 Å². The summed E-state index contributed by atoms with van der Waals surface area (Å²) >= 11 is 3.73. The molecule has 0 saturated heterocycles. The molecule has 4 aliphatic rings. The highest BCUT2D eigenvalue weighted by Crippen LogP contribution is 2.57. The Morgan fingerprint density at radius 2 is 0.491 bits per heavy atom. The third-order valence-electron chi connectivity index (χ3n) is 22.9. The Kier molecular flexibility index (Phi) is 15.8. The summed E-state index contributed by atoms with van der Waals surface area (Å²) in [5.74, 6) is 0. The third kappa shape index (κ3) is 10.9. The van der Waals surface area contributed by atoms with Gasteiger partial charge in [-0.3, -0.25) is 0 Å². The molecule has 2 nitrogen and oxygen atoms in total. The zero-order valence-electron chi connectivity index (χ0n) is 60.5. The molecule has 2 aliphatic carbocycles. The Bertz CT molecular complexity index is 6270. The van der Waals surface area contributed by atoms with E-state index in [4.69, 9.17) is 0 Å². The first-order chi connectivity index (χ1) is 53.1. The van der Waals surface area contributed by atoms with E-state index in [0.717, 1.165) is 28.4 Å². The largest absolute Gasteiger partial charge is 0.310 e. The minimum atomic E-state index is -0.143. The van der Waals surface area contributed by atoms with Crippen molar-refractivity contribution in [1.82, 2.24) is 0 Å². The van der Waals surface area contributed by atoms with Gasteiger partial charge in [0.2, 0.25) is 0 Å². The van der Waals surface area contributed by atoms with Gasteiger partial charge in [-0.25, -0.2) is 0 Å². The van der Waals surface area contributed by atoms with Crippen molar-refractivity contribution in [2.24, 2.45) is 0 Å². The summed E-state index contributed by atoms with van der Waals surface area (Å²) in [7, 11) is 0. The lowest BCUT2D eigenvalue weighted by Crippen LogP contribution is -2.17. The van der Waals surface area contributed by atoms with Crippen LogP contribution in [0.15, 0.2) is 396 Å². The van der Waals surface area contributed by atoms with Gasteiger partial charge in [-0.05, 0) is 224 Å². The van der Waals surface area contributed by atoms with Gasteiger partial charge in [-0.1, -0.05) is 336 Å². The smallest absolute Gasteiger partial charge is 0.0540 e. The van der Waals surface area contributed by atoms with Crippen LogP contribution in [0.1, 0.15) is 49.9 Å². The highest BCUT2D eigenvalue weighted by Gasteiger charge is 2.38. The van der Waals surface area contributed by atoms with E-state index in [1.165, 1.54) is 169 Å². The molecule has 17 aromatic rings. The molecule has 0 saturated carbocycles. The van der Waals surface area contributed by atoms with Crippen LogP contribution in [0.3, 0.4) is 0 Å². The molecule has 0 atom stereocenters. The standard InChI is InChI=1S/C55H39NS.C49H35NS/c1-55(2)49-25-12-9-20-42(49)43-29-28-40(35-50(43)55)56(41-33-38(36-16-5-3-6-17-36)32-39(34-41)37-18-7-4-8-19-37)51-31-30-47-45-22-11-14-27-53(45)57-52-26-13-10-21-44(52)46-23-15-24-48(51)54(46)47;1-49(2)43-20-9-6-15-36(43)37-28-27-35(31-44(37)49)50(34-25-23-33(24-26-34)32-13-4-3-5-14-32)45-30-29-41-39-17-8-11-22-47(39)51-46-21-10-7-16-38(46)40-18-12-19-42(45)48(40)41/h3-35H,1-2H3;3-31H,1-2H3. The molecule has 0 amide bonds. The minimum absolute atomic E-state index is 0.105. The number of fused-ring (bicyclic) bond motifs is 14. The number of rotatable bonds is 9. The Morgan fingerprint density at radius 3 is 0.898 bits per heavy atom. The number of hydrogen-bond donors (Lipinski definition) is 0. The summed E-state index contributed by atoms with van der Waals surface area (Å²) in [6, 6.07) is 139. The molecule has 17 aromatic carbocycles. The highest BCUT2D eigenvalue weighted by atomic mass is 32.2. The normalized spacial score (nSPS) is 13.3. The van der Waals surface area contributed by atoms with Crippen molar-refractivity contribution in [3.05, 3.63) is 398 Å². The summed E-state index contributed by atoms with van der Waals surface area (Å²) in [5.41, 5.74) is 34.7. The van der Waals surface area contributed by atoms with E-state index < -0.39 is 0 Å². The fourth-order valence-corrected chi connectivity index (χ4v) is 19.9. The Labute approximate surface area is 641 Å². The van der Waals surface area contributed by atoms with Gasteiger partial charge in [0.05, 0.1) is 11.4 Å². The lowest BCUT2D eigenvalue weighted by atomic mass is 9.82. The van der Waals surface area contributed by atoms with Crippen LogP contribution in [0.25, 0.3) is 122 Å². The molecule has 0 N–H and O–H groups in total. The molecular weight excluding hydrogens is 1340 g/mol. The quantitative estimate of drug-likeness (QED) is 0.142. The van der Waals surface area contributed by atoms with Crippen LogP contribution in [0, 0.1) is 0 Å². The molecule has 0 radical (unpaired) electrons. The van der Waals surface area contributed by atoms with Gasteiger partial charge in [0.25, 0.3) is 0 Å². The van der Waals surface area contributed by atoms with E-state index in [-0.39, 0.29) is 10.8 Å². The first-order valence-corrected chi connectivity index (χ1v) is 39.1. The predicted molar refractivity (Wildman–Crippen MR) is 459 cm³/mol. The number of anilines is 6. The number of hydrogen-bond acceptors (Lipinski definition) is 4. The maximum absolute atomic E-state index is 2.52. The summed E-state index contributed by atoms with van der Waals surface area (Å²) in [6.07, 6.45) is 0. The van der Waals surface area contributed by atoms with Crippen molar-refractivity contribution in [1.29, 1.82) is 0 Å². The fraction of sp³-hybridized carbons (Fsp3) is 0.0577. The molecule has 0 unspecified atom stereocenters. The summed E-state index contributed by atoms with van der Waals surface area (Å²) in [6.45, 7) is 9.47. The lowest BCUT2D eigenvalue weighted by molar-refractivity contribution is 0.660. The van der Waals surface area contributed by atoms with Crippen molar-refractivity contribution >= 4 is 79.2 Å². The molecule has 2 aliphatic heterocycles. The summed E-state index contributed by atoms with van der Waals surface area (Å²) in [5, 5.41) is 5.01. The van der Waals surface area contributed by atoms with Gasteiger partial charge < -0.3 is 9.80 Å². The molecule has 4 heteroatoms. The molecule has 0 bridgehead atoms. The molecule has 2 heterocycles. The van der Waals surface area contributed by atoms with Crippen LogP contribution in [0.5, 0.6) is 0 Å². The lowest BCUT2D eigenvalue weighted by Gasteiger charge is -2.31. The molecule has 0 spiro atoms. The van der Waals surface area contributed by atoms with Gasteiger partial charge in [-0.15, -0.1) is 0 Å². The van der Waals surface area contributed by atoms with Gasteiger partial charge in [-0.2, -0.15) is 0 Å². The SMILES string of the molecule is CC1(C)c2ccccc2-c2ccc(N(c3cc(-c4ccccc4)cc(-c4ccccc4)c3)c3ccc4c5c(cccc35)-c3ccccc3Sc3ccccc3-4)cc21.CC1(C)c2ccccc2-c2ccc(N(c3ccc(-c4ccccc4)cc3)c3ccc4c5c(cccc35)-c3ccccc3Sc3ccccc3-4)cc21. The molecule has 108 heavy (non-hydrogen) atoms. The van der Waals surface area contributed by atoms with Crippen molar-refractivity contribution in [2.75, 3.05) is 9.80 Å². The Morgan fingerprint density at radius 1 is 0.194 bits per heavy atom. The van der Waals surface area contributed by atoms with E-state index in [2.05, 4.69) is 414 Å². The fourth-order valence-electron chi connectivity index (χ4n) is 17.7. The van der Waals surface area contributed by atoms with Crippen molar-refractivity contribution in [2.45, 2.75) is 58.1 Å². The summed E-state index contributed by atoms with van der Waals surface area (Å²) in [4.78, 5) is 10.1. The van der Waals surface area contributed by atoms with Crippen LogP contribution in [-0.4, -0.2) is 0 Å². The van der Waals surface area contributed by atoms with Gasteiger partial charge >= 0.3 is 0 Å². The maximum atomic E-state index is 2.52. The minimum Gasteiger partial charge on any atom is -0.310 e. The second kappa shape index (κ2) is 26.3. The topological polar surface area (TPSA) is 6.48 Å². The number of benzene rings is 17. The molecule has 0 fully saturated rings. The third-order valence-corrected chi connectivity index (χ3v) is 25.2. The second-order valence-corrected chi connectivity index (χ2v) is 32.0. The monoisotopic (exact) mass is 1410 g/mol. The molecular formula is C104H74N2S2.